The van der Waals surface area contributed by atoms with Crippen LogP contribution in [0.5, 0.6) is 0 Å². The van der Waals surface area contributed by atoms with Gasteiger partial charge in [-0.2, -0.15) is 0 Å². The Morgan fingerprint density at radius 2 is 1.75 bits per heavy atom. The molecule has 1 aromatic carbocycles. The second-order valence-electron chi connectivity index (χ2n) is 4.16. The van der Waals surface area contributed by atoms with Gasteiger partial charge >= 0.3 is 5.69 Å². The Kier molecular flexibility index (Phi) is 5.28. The first-order chi connectivity index (χ1) is 9.75. The third-order valence-electron chi connectivity index (χ3n) is 2.61. The molecule has 106 valence electrons. The third-order valence-corrected chi connectivity index (χ3v) is 2.61. The Hall–Kier alpha value is -2.18. The summed E-state index contributed by atoms with van der Waals surface area (Å²) in [6.07, 6.45) is 1.39. The van der Waals surface area contributed by atoms with E-state index in [0.717, 1.165) is 5.56 Å². The minimum atomic E-state index is -0.484. The number of H-pyrrole nitrogens is 1. The standard InChI is InChI=1S/C14H16N2O4/c17-13-6-7-16(14(18)15-13)11-20-9-8-19-10-12-4-2-1-3-5-12/h1-7H,8-11H2,(H,15,17,18). The SMILES string of the molecule is O=c1ccn(COCCOCc2ccccc2)c(=O)[nH]1. The molecule has 0 aliphatic carbocycles. The lowest BCUT2D eigenvalue weighted by molar-refractivity contribution is 0.0120. The first-order valence-electron chi connectivity index (χ1n) is 6.25. The first-order valence-corrected chi connectivity index (χ1v) is 6.25. The highest BCUT2D eigenvalue weighted by molar-refractivity contribution is 5.13. The number of nitrogens with one attached hydrogen (secondary N) is 1. The van der Waals surface area contributed by atoms with Gasteiger partial charge in [0.25, 0.3) is 5.56 Å². The lowest BCUT2D eigenvalue weighted by Gasteiger charge is -2.07. The lowest BCUT2D eigenvalue weighted by Crippen LogP contribution is -2.29. The van der Waals surface area contributed by atoms with E-state index in [9.17, 15) is 9.59 Å². The van der Waals surface area contributed by atoms with Gasteiger partial charge in [-0.25, -0.2) is 4.79 Å². The maximum Gasteiger partial charge on any atom is 0.330 e. The number of aromatic amines is 1. The van der Waals surface area contributed by atoms with Crippen LogP contribution in [-0.4, -0.2) is 22.8 Å². The highest BCUT2D eigenvalue weighted by Crippen LogP contribution is 1.99. The normalized spacial score (nSPS) is 10.6. The van der Waals surface area contributed by atoms with Crippen molar-refractivity contribution in [2.45, 2.75) is 13.3 Å². The van der Waals surface area contributed by atoms with E-state index in [-0.39, 0.29) is 6.73 Å². The maximum absolute atomic E-state index is 11.3. The van der Waals surface area contributed by atoms with E-state index in [1.165, 1.54) is 16.8 Å². The predicted octanol–water partition coefficient (Wildman–Crippen LogP) is 0.727. The van der Waals surface area contributed by atoms with E-state index in [2.05, 4.69) is 4.98 Å². The number of hydrogen-bond acceptors (Lipinski definition) is 4. The summed E-state index contributed by atoms with van der Waals surface area (Å²) < 4.78 is 12.0. The fourth-order valence-corrected chi connectivity index (χ4v) is 1.59. The fourth-order valence-electron chi connectivity index (χ4n) is 1.59. The van der Waals surface area contributed by atoms with Crippen LogP contribution < -0.4 is 11.2 Å². The third kappa shape index (κ3) is 4.49. The zero-order valence-electron chi connectivity index (χ0n) is 11.0. The zero-order valence-corrected chi connectivity index (χ0v) is 11.0. The molecule has 0 radical (unpaired) electrons. The molecule has 0 saturated carbocycles. The van der Waals surface area contributed by atoms with Gasteiger partial charge in [0.2, 0.25) is 0 Å². The Bertz CT molecular complexity index is 633. The summed E-state index contributed by atoms with van der Waals surface area (Å²) in [5.41, 5.74) is 0.199. The minimum absolute atomic E-state index is 0.0876. The van der Waals surface area contributed by atoms with Crippen LogP contribution in [0.25, 0.3) is 0 Å². The lowest BCUT2D eigenvalue weighted by atomic mass is 10.2. The number of benzene rings is 1. The van der Waals surface area contributed by atoms with Crippen molar-refractivity contribution in [2.24, 2.45) is 0 Å². The van der Waals surface area contributed by atoms with Crippen molar-refractivity contribution in [3.8, 4) is 0 Å². The quantitative estimate of drug-likeness (QED) is 0.757. The molecular weight excluding hydrogens is 260 g/mol. The molecule has 0 saturated heterocycles. The van der Waals surface area contributed by atoms with Crippen LogP contribution in [0.3, 0.4) is 0 Å². The van der Waals surface area contributed by atoms with Crippen molar-refractivity contribution in [3.63, 3.8) is 0 Å². The number of nitrogens with zero attached hydrogens (tertiary/aromatic N) is 1. The summed E-state index contributed by atoms with van der Waals surface area (Å²) in [6.45, 7) is 1.43. The van der Waals surface area contributed by atoms with E-state index in [1.54, 1.807) is 0 Å². The molecule has 0 amide bonds. The molecule has 0 bridgehead atoms. The molecule has 0 unspecified atom stereocenters. The molecule has 0 atom stereocenters. The summed E-state index contributed by atoms with van der Waals surface area (Å²) in [5.74, 6) is 0. The van der Waals surface area contributed by atoms with Gasteiger partial charge in [-0.15, -0.1) is 0 Å². The summed E-state index contributed by atoms with van der Waals surface area (Å²) >= 11 is 0. The Labute approximate surface area is 115 Å². The average molecular weight is 276 g/mol. The molecule has 2 aromatic rings. The Balaban J connectivity index is 1.64. The fraction of sp³-hybridized carbons (Fsp3) is 0.286. The van der Waals surface area contributed by atoms with E-state index in [1.807, 2.05) is 30.3 Å². The zero-order chi connectivity index (χ0) is 14.2. The van der Waals surface area contributed by atoms with Crippen LogP contribution in [0.15, 0.2) is 52.2 Å². The van der Waals surface area contributed by atoms with Gasteiger partial charge in [0, 0.05) is 12.3 Å². The number of ether oxygens (including phenoxy) is 2. The van der Waals surface area contributed by atoms with Gasteiger partial charge in [0.15, 0.2) is 0 Å². The van der Waals surface area contributed by atoms with Crippen molar-refractivity contribution >= 4 is 0 Å². The summed E-state index contributed by atoms with van der Waals surface area (Å²) in [7, 11) is 0. The summed E-state index contributed by atoms with van der Waals surface area (Å²) in [4.78, 5) is 24.4. The Morgan fingerprint density at radius 3 is 2.50 bits per heavy atom. The monoisotopic (exact) mass is 276 g/mol. The highest BCUT2D eigenvalue weighted by Gasteiger charge is 1.96. The molecule has 0 aliphatic rings. The van der Waals surface area contributed by atoms with E-state index in [4.69, 9.17) is 9.47 Å². The second kappa shape index (κ2) is 7.42. The van der Waals surface area contributed by atoms with E-state index in [0.29, 0.717) is 19.8 Å². The average Bonchev–Trinajstić information content (AvgIpc) is 2.46. The summed E-state index contributed by atoms with van der Waals surface area (Å²) in [6, 6.07) is 11.1. The molecule has 1 aromatic heterocycles. The van der Waals surface area contributed by atoms with Gasteiger partial charge in [0.05, 0.1) is 19.8 Å². The van der Waals surface area contributed by atoms with Gasteiger partial charge in [-0.3, -0.25) is 14.3 Å². The van der Waals surface area contributed by atoms with Gasteiger partial charge < -0.3 is 9.47 Å². The molecule has 0 fully saturated rings. The van der Waals surface area contributed by atoms with Crippen LogP contribution in [0.1, 0.15) is 5.56 Å². The maximum atomic E-state index is 11.3. The van der Waals surface area contributed by atoms with Crippen LogP contribution >= 0.6 is 0 Å². The van der Waals surface area contributed by atoms with Crippen LogP contribution in [0.4, 0.5) is 0 Å². The van der Waals surface area contributed by atoms with Crippen molar-refractivity contribution in [1.82, 2.24) is 9.55 Å². The molecule has 0 aliphatic heterocycles. The molecule has 6 heteroatoms. The number of rotatable bonds is 7. The van der Waals surface area contributed by atoms with E-state index < -0.39 is 11.2 Å². The molecule has 2 rings (SSSR count). The first kappa shape index (κ1) is 14.2. The van der Waals surface area contributed by atoms with Crippen molar-refractivity contribution in [3.05, 3.63) is 69.0 Å². The molecular formula is C14H16N2O4. The van der Waals surface area contributed by atoms with Crippen LogP contribution in [-0.2, 0) is 22.8 Å². The number of aromatic nitrogens is 2. The second-order valence-corrected chi connectivity index (χ2v) is 4.16. The molecule has 6 nitrogen and oxygen atoms in total. The van der Waals surface area contributed by atoms with Gasteiger partial charge in [-0.1, -0.05) is 30.3 Å². The molecule has 0 spiro atoms. The van der Waals surface area contributed by atoms with Crippen molar-refractivity contribution in [2.75, 3.05) is 13.2 Å². The topological polar surface area (TPSA) is 73.3 Å². The Morgan fingerprint density at radius 1 is 1.00 bits per heavy atom. The minimum Gasteiger partial charge on any atom is -0.374 e. The highest BCUT2D eigenvalue weighted by atomic mass is 16.5. The van der Waals surface area contributed by atoms with Crippen molar-refractivity contribution in [1.29, 1.82) is 0 Å². The molecule has 1 N–H and O–H groups in total. The largest absolute Gasteiger partial charge is 0.374 e. The van der Waals surface area contributed by atoms with Gasteiger partial charge in [0.1, 0.15) is 6.73 Å². The number of hydrogen-bond donors (Lipinski definition) is 1. The van der Waals surface area contributed by atoms with E-state index >= 15 is 0 Å². The molecule has 1 heterocycles. The predicted molar refractivity (Wildman–Crippen MR) is 73.4 cm³/mol. The van der Waals surface area contributed by atoms with Gasteiger partial charge in [-0.05, 0) is 5.56 Å². The van der Waals surface area contributed by atoms with Crippen LogP contribution in [0.2, 0.25) is 0 Å². The van der Waals surface area contributed by atoms with Crippen LogP contribution in [0, 0.1) is 0 Å². The molecule has 20 heavy (non-hydrogen) atoms. The smallest absolute Gasteiger partial charge is 0.330 e. The summed E-state index contributed by atoms with van der Waals surface area (Å²) in [5, 5.41) is 0. The van der Waals surface area contributed by atoms with Crippen molar-refractivity contribution < 1.29 is 9.47 Å².